The van der Waals surface area contributed by atoms with Gasteiger partial charge in [-0.2, -0.15) is 0 Å². The van der Waals surface area contributed by atoms with Crippen molar-refractivity contribution >= 4 is 11.9 Å². The summed E-state index contributed by atoms with van der Waals surface area (Å²) >= 11 is 0. The maximum absolute atomic E-state index is 12.9. The van der Waals surface area contributed by atoms with Gasteiger partial charge in [-0.3, -0.25) is 4.79 Å². The molecule has 1 unspecified atom stereocenters. The molecule has 0 saturated carbocycles. The van der Waals surface area contributed by atoms with E-state index in [1.807, 2.05) is 91.0 Å². The highest BCUT2D eigenvalue weighted by Gasteiger charge is 2.17. The van der Waals surface area contributed by atoms with Gasteiger partial charge in [0, 0.05) is 11.5 Å². The van der Waals surface area contributed by atoms with Gasteiger partial charge in [0.1, 0.15) is 0 Å². The molecule has 0 heterocycles. The quantitative estimate of drug-likeness (QED) is 0.554. The number of hydrogen-bond donors (Lipinski definition) is 0. The predicted molar refractivity (Wildman–Crippen MR) is 99.9 cm³/mol. The lowest BCUT2D eigenvalue weighted by atomic mass is 9.90. The van der Waals surface area contributed by atoms with Crippen LogP contribution in [0, 0.1) is 5.92 Å². The van der Waals surface area contributed by atoms with Crippen LogP contribution in [0.1, 0.15) is 21.5 Å². The Morgan fingerprint density at radius 3 is 1.92 bits per heavy atom. The zero-order valence-corrected chi connectivity index (χ0v) is 13.5. The highest BCUT2D eigenvalue weighted by Crippen LogP contribution is 2.18. The Bertz CT molecular complexity index is 789. The largest absolute Gasteiger partial charge is 0.294 e. The molecule has 3 aromatic rings. The first-order valence-electron chi connectivity index (χ1n) is 8.19. The third-order valence-corrected chi connectivity index (χ3v) is 4.01. The zero-order chi connectivity index (χ0) is 16.6. The minimum Gasteiger partial charge on any atom is -0.294 e. The molecule has 0 bridgehead atoms. The summed E-state index contributed by atoms with van der Waals surface area (Å²) < 4.78 is 0. The van der Waals surface area contributed by atoms with E-state index in [9.17, 15) is 4.79 Å². The first-order chi connectivity index (χ1) is 11.8. The minimum absolute atomic E-state index is 0.159. The fourth-order valence-corrected chi connectivity index (χ4v) is 2.72. The Morgan fingerprint density at radius 2 is 1.29 bits per heavy atom. The van der Waals surface area contributed by atoms with E-state index in [0.29, 0.717) is 6.42 Å². The van der Waals surface area contributed by atoms with Crippen molar-refractivity contribution in [2.24, 2.45) is 5.92 Å². The molecule has 118 valence electrons. The van der Waals surface area contributed by atoms with Crippen LogP contribution in [0.4, 0.5) is 0 Å². The van der Waals surface area contributed by atoms with Crippen LogP contribution in [0.25, 0.3) is 6.08 Å². The summed E-state index contributed by atoms with van der Waals surface area (Å²) in [6.07, 6.45) is 4.77. The highest BCUT2D eigenvalue weighted by molar-refractivity contribution is 5.99. The number of carbonyl (C=O) groups is 1. The molecule has 0 aliphatic heterocycles. The van der Waals surface area contributed by atoms with Crippen molar-refractivity contribution < 1.29 is 4.79 Å². The Kier molecular flexibility index (Phi) is 5.36. The molecule has 0 aliphatic rings. The van der Waals surface area contributed by atoms with Crippen LogP contribution in [0.5, 0.6) is 0 Å². The number of allylic oxidation sites excluding steroid dienone is 1. The Labute approximate surface area is 143 Å². The molecule has 0 aliphatic carbocycles. The molecule has 1 nitrogen and oxygen atoms in total. The molecule has 0 saturated heterocycles. The van der Waals surface area contributed by atoms with E-state index in [1.54, 1.807) is 0 Å². The monoisotopic (exact) mass is 312 g/mol. The topological polar surface area (TPSA) is 17.1 Å². The molecule has 0 radical (unpaired) electrons. The predicted octanol–water partition coefficient (Wildman–Crippen LogP) is 5.44. The summed E-state index contributed by atoms with van der Waals surface area (Å²) in [5.41, 5.74) is 3.04. The van der Waals surface area contributed by atoms with E-state index in [-0.39, 0.29) is 11.7 Å². The average Bonchev–Trinajstić information content (AvgIpc) is 2.67. The van der Waals surface area contributed by atoms with E-state index >= 15 is 0 Å². The summed E-state index contributed by atoms with van der Waals surface area (Å²) in [7, 11) is 0. The van der Waals surface area contributed by atoms with E-state index in [0.717, 1.165) is 11.1 Å². The van der Waals surface area contributed by atoms with Gasteiger partial charge >= 0.3 is 0 Å². The van der Waals surface area contributed by atoms with Crippen molar-refractivity contribution in [1.82, 2.24) is 0 Å². The van der Waals surface area contributed by atoms with Gasteiger partial charge in [-0.1, -0.05) is 103 Å². The lowest BCUT2D eigenvalue weighted by Crippen LogP contribution is -2.15. The highest BCUT2D eigenvalue weighted by atomic mass is 16.1. The van der Waals surface area contributed by atoms with Gasteiger partial charge in [0.2, 0.25) is 0 Å². The molecule has 3 rings (SSSR count). The standard InChI is InChI=1S/C23H20O/c24-23(21-14-8-3-9-15-21)22(18-20-12-6-2-7-13-20)17-16-19-10-4-1-5-11-19/h1-17,22H,18H2/b17-16+. The normalized spacial score (nSPS) is 12.2. The van der Waals surface area contributed by atoms with Crippen molar-refractivity contribution in [2.45, 2.75) is 6.42 Å². The van der Waals surface area contributed by atoms with Crippen molar-refractivity contribution in [3.05, 3.63) is 114 Å². The molecule has 3 aromatic carbocycles. The van der Waals surface area contributed by atoms with Crippen molar-refractivity contribution in [3.8, 4) is 0 Å². The molecule has 1 heteroatoms. The number of Topliss-reactive ketones (excluding diaryl/α,β-unsaturated/α-hetero) is 1. The van der Waals surface area contributed by atoms with Crippen LogP contribution in [-0.4, -0.2) is 5.78 Å². The minimum atomic E-state index is -0.171. The summed E-state index contributed by atoms with van der Waals surface area (Å²) in [5.74, 6) is -0.0124. The number of rotatable bonds is 6. The van der Waals surface area contributed by atoms with Gasteiger partial charge in [0.15, 0.2) is 5.78 Å². The van der Waals surface area contributed by atoms with Crippen LogP contribution in [0.3, 0.4) is 0 Å². The lowest BCUT2D eigenvalue weighted by Gasteiger charge is -2.12. The molecule has 0 fully saturated rings. The van der Waals surface area contributed by atoms with Crippen molar-refractivity contribution in [1.29, 1.82) is 0 Å². The van der Waals surface area contributed by atoms with E-state index < -0.39 is 0 Å². The second-order valence-corrected chi connectivity index (χ2v) is 5.80. The fraction of sp³-hybridized carbons (Fsp3) is 0.0870. The fourth-order valence-electron chi connectivity index (χ4n) is 2.72. The van der Waals surface area contributed by atoms with Crippen molar-refractivity contribution in [3.63, 3.8) is 0 Å². The molecule has 24 heavy (non-hydrogen) atoms. The van der Waals surface area contributed by atoms with Gasteiger partial charge in [0.05, 0.1) is 0 Å². The van der Waals surface area contributed by atoms with Crippen LogP contribution in [-0.2, 0) is 6.42 Å². The molecule has 0 spiro atoms. The van der Waals surface area contributed by atoms with E-state index in [2.05, 4.69) is 12.1 Å². The molecular formula is C23H20O. The third-order valence-electron chi connectivity index (χ3n) is 4.01. The Morgan fingerprint density at radius 1 is 0.750 bits per heavy atom. The van der Waals surface area contributed by atoms with Crippen molar-refractivity contribution in [2.75, 3.05) is 0 Å². The first kappa shape index (κ1) is 15.9. The van der Waals surface area contributed by atoms with E-state index in [4.69, 9.17) is 0 Å². The Hall–Kier alpha value is -2.93. The van der Waals surface area contributed by atoms with Crippen LogP contribution in [0.15, 0.2) is 97.1 Å². The van der Waals surface area contributed by atoms with Gasteiger partial charge in [0.25, 0.3) is 0 Å². The SMILES string of the molecule is O=C(c1ccccc1)C(/C=C/c1ccccc1)Cc1ccccc1. The van der Waals surface area contributed by atoms with E-state index in [1.165, 1.54) is 5.56 Å². The summed E-state index contributed by atoms with van der Waals surface area (Å²) in [6, 6.07) is 29.8. The van der Waals surface area contributed by atoms with Gasteiger partial charge in [-0.15, -0.1) is 0 Å². The molecule has 0 aromatic heterocycles. The van der Waals surface area contributed by atoms with Crippen LogP contribution < -0.4 is 0 Å². The molecule has 1 atom stereocenters. The Balaban J connectivity index is 1.86. The maximum Gasteiger partial charge on any atom is 0.170 e. The number of benzene rings is 3. The second-order valence-electron chi connectivity index (χ2n) is 5.80. The summed E-state index contributed by atoms with van der Waals surface area (Å²) in [4.78, 5) is 12.9. The smallest absolute Gasteiger partial charge is 0.170 e. The summed E-state index contributed by atoms with van der Waals surface area (Å²) in [6.45, 7) is 0. The first-order valence-corrected chi connectivity index (χ1v) is 8.19. The van der Waals surface area contributed by atoms with Gasteiger partial charge in [-0.25, -0.2) is 0 Å². The number of hydrogen-bond acceptors (Lipinski definition) is 1. The number of ketones is 1. The molecule has 0 amide bonds. The zero-order valence-electron chi connectivity index (χ0n) is 13.5. The second kappa shape index (κ2) is 8.07. The van der Waals surface area contributed by atoms with Crippen LogP contribution in [0.2, 0.25) is 0 Å². The molecular weight excluding hydrogens is 292 g/mol. The van der Waals surface area contributed by atoms with Gasteiger partial charge < -0.3 is 0 Å². The average molecular weight is 312 g/mol. The summed E-state index contributed by atoms with van der Waals surface area (Å²) in [5, 5.41) is 0. The molecule has 0 N–H and O–H groups in total. The van der Waals surface area contributed by atoms with Crippen LogP contribution >= 0.6 is 0 Å². The third kappa shape index (κ3) is 4.30. The lowest BCUT2D eigenvalue weighted by molar-refractivity contribution is 0.0945. The van der Waals surface area contributed by atoms with Gasteiger partial charge in [-0.05, 0) is 17.5 Å². The maximum atomic E-state index is 12.9. The number of carbonyl (C=O) groups excluding carboxylic acids is 1.